The minimum atomic E-state index is -0.652. The second-order valence-corrected chi connectivity index (χ2v) is 6.37. The minimum Gasteiger partial charge on any atom is -0.508 e. The van der Waals surface area contributed by atoms with Crippen LogP contribution in [0.15, 0.2) is 24.3 Å². The molecule has 3 amide bonds. The third-order valence-corrected chi connectivity index (χ3v) is 2.86. The first-order chi connectivity index (χ1) is 11.7. The van der Waals surface area contributed by atoms with Crippen molar-refractivity contribution in [3.05, 3.63) is 29.8 Å². The Morgan fingerprint density at radius 2 is 1.76 bits per heavy atom. The molecule has 8 heteroatoms. The summed E-state index contributed by atoms with van der Waals surface area (Å²) < 4.78 is 5.01. The van der Waals surface area contributed by atoms with Crippen LogP contribution < -0.4 is 16.0 Å². The maximum absolute atomic E-state index is 11.8. The fraction of sp³-hybridized carbons (Fsp3) is 0.471. The Labute approximate surface area is 146 Å². The molecule has 0 heterocycles. The Hall–Kier alpha value is -2.77. The SMILES string of the molecule is CC(C)(C)OC(=O)NCC(=O)NCCCNC(=O)c1cccc(O)c1. The molecule has 0 saturated carbocycles. The predicted octanol–water partition coefficient (Wildman–Crippen LogP) is 1.15. The number of ether oxygens (including phenoxy) is 1. The molecule has 0 fully saturated rings. The van der Waals surface area contributed by atoms with Gasteiger partial charge in [0, 0.05) is 18.7 Å². The molecule has 138 valence electrons. The van der Waals surface area contributed by atoms with Crippen LogP contribution in [0.2, 0.25) is 0 Å². The summed E-state index contributed by atoms with van der Waals surface area (Å²) in [5.74, 6) is -0.614. The van der Waals surface area contributed by atoms with Crippen molar-refractivity contribution in [2.45, 2.75) is 32.8 Å². The zero-order valence-electron chi connectivity index (χ0n) is 14.7. The van der Waals surface area contributed by atoms with E-state index < -0.39 is 11.7 Å². The molecule has 0 unspecified atom stereocenters. The van der Waals surface area contributed by atoms with E-state index >= 15 is 0 Å². The maximum atomic E-state index is 11.8. The number of carbonyl (C=O) groups excluding carboxylic acids is 3. The summed E-state index contributed by atoms with van der Waals surface area (Å²) in [6.07, 6.45) is -0.121. The molecule has 1 aromatic rings. The number of hydrogen-bond donors (Lipinski definition) is 4. The highest BCUT2D eigenvalue weighted by atomic mass is 16.6. The van der Waals surface area contributed by atoms with Crippen LogP contribution in [0.4, 0.5) is 4.79 Å². The average Bonchev–Trinajstić information content (AvgIpc) is 2.50. The van der Waals surface area contributed by atoms with Crippen LogP contribution in [-0.2, 0) is 9.53 Å². The number of nitrogens with one attached hydrogen (secondary N) is 3. The smallest absolute Gasteiger partial charge is 0.408 e. The van der Waals surface area contributed by atoms with Crippen molar-refractivity contribution in [2.75, 3.05) is 19.6 Å². The Morgan fingerprint density at radius 1 is 1.08 bits per heavy atom. The second kappa shape index (κ2) is 9.51. The lowest BCUT2D eigenvalue weighted by molar-refractivity contribution is -0.120. The zero-order valence-corrected chi connectivity index (χ0v) is 14.7. The molecule has 0 bridgehead atoms. The van der Waals surface area contributed by atoms with Crippen LogP contribution in [0, 0.1) is 0 Å². The van der Waals surface area contributed by atoms with E-state index in [9.17, 15) is 19.5 Å². The van der Waals surface area contributed by atoms with E-state index in [1.807, 2.05) is 0 Å². The Morgan fingerprint density at radius 3 is 2.40 bits per heavy atom. The predicted molar refractivity (Wildman–Crippen MR) is 92.3 cm³/mol. The van der Waals surface area contributed by atoms with Gasteiger partial charge in [-0.3, -0.25) is 9.59 Å². The monoisotopic (exact) mass is 351 g/mol. The number of rotatable bonds is 7. The molecule has 0 saturated heterocycles. The van der Waals surface area contributed by atoms with Gasteiger partial charge in [-0.2, -0.15) is 0 Å². The summed E-state index contributed by atoms with van der Waals surface area (Å²) in [5, 5.41) is 17.0. The van der Waals surface area contributed by atoms with Crippen molar-refractivity contribution in [1.29, 1.82) is 0 Å². The molecular formula is C17H25N3O5. The zero-order chi connectivity index (χ0) is 18.9. The average molecular weight is 351 g/mol. The quantitative estimate of drug-likeness (QED) is 0.550. The number of amides is 3. The first-order valence-corrected chi connectivity index (χ1v) is 7.98. The summed E-state index contributed by atoms with van der Waals surface area (Å²) in [6, 6.07) is 6.04. The normalized spacial score (nSPS) is 10.7. The highest BCUT2D eigenvalue weighted by Crippen LogP contribution is 2.10. The maximum Gasteiger partial charge on any atom is 0.408 e. The van der Waals surface area contributed by atoms with E-state index in [2.05, 4.69) is 16.0 Å². The van der Waals surface area contributed by atoms with Crippen molar-refractivity contribution < 1.29 is 24.2 Å². The van der Waals surface area contributed by atoms with Gasteiger partial charge in [0.2, 0.25) is 5.91 Å². The molecule has 8 nitrogen and oxygen atoms in total. The van der Waals surface area contributed by atoms with E-state index in [0.29, 0.717) is 25.1 Å². The molecule has 0 aliphatic carbocycles. The fourth-order valence-electron chi connectivity index (χ4n) is 1.80. The van der Waals surface area contributed by atoms with Crippen LogP contribution in [0.5, 0.6) is 5.75 Å². The number of aromatic hydroxyl groups is 1. The van der Waals surface area contributed by atoms with Gasteiger partial charge in [0.15, 0.2) is 0 Å². The van der Waals surface area contributed by atoms with Crippen LogP contribution in [-0.4, -0.2) is 48.2 Å². The molecule has 0 spiro atoms. The van der Waals surface area contributed by atoms with E-state index in [1.54, 1.807) is 32.9 Å². The van der Waals surface area contributed by atoms with Gasteiger partial charge < -0.3 is 25.8 Å². The third-order valence-electron chi connectivity index (χ3n) is 2.86. The van der Waals surface area contributed by atoms with Crippen LogP contribution in [0.3, 0.4) is 0 Å². The topological polar surface area (TPSA) is 117 Å². The Bertz CT molecular complexity index is 611. The van der Waals surface area contributed by atoms with Crippen molar-refractivity contribution in [3.8, 4) is 5.75 Å². The van der Waals surface area contributed by atoms with E-state index in [-0.39, 0.29) is 24.1 Å². The number of carbonyl (C=O) groups is 3. The van der Waals surface area contributed by atoms with Gasteiger partial charge in [-0.15, -0.1) is 0 Å². The van der Waals surface area contributed by atoms with Gasteiger partial charge in [0.25, 0.3) is 5.91 Å². The van der Waals surface area contributed by atoms with E-state index in [1.165, 1.54) is 12.1 Å². The number of hydrogen-bond acceptors (Lipinski definition) is 5. The standard InChI is InChI=1S/C17H25N3O5/c1-17(2,3)25-16(24)20-11-14(22)18-8-5-9-19-15(23)12-6-4-7-13(21)10-12/h4,6-7,10,21H,5,8-9,11H2,1-3H3,(H,18,22)(H,19,23)(H,20,24). The summed E-state index contributed by atoms with van der Waals surface area (Å²) in [4.78, 5) is 34.8. The van der Waals surface area contributed by atoms with Crippen molar-refractivity contribution in [1.82, 2.24) is 16.0 Å². The minimum absolute atomic E-state index is 0.0254. The van der Waals surface area contributed by atoms with Crippen LogP contribution in [0.1, 0.15) is 37.6 Å². The lowest BCUT2D eigenvalue weighted by atomic mass is 10.2. The molecule has 25 heavy (non-hydrogen) atoms. The number of phenols is 1. The molecule has 1 rings (SSSR count). The number of phenolic OH excluding ortho intramolecular Hbond substituents is 1. The van der Waals surface area contributed by atoms with E-state index in [0.717, 1.165) is 0 Å². The highest BCUT2D eigenvalue weighted by Gasteiger charge is 2.16. The summed E-state index contributed by atoms with van der Waals surface area (Å²) in [7, 11) is 0. The summed E-state index contributed by atoms with van der Waals surface area (Å²) >= 11 is 0. The second-order valence-electron chi connectivity index (χ2n) is 6.37. The van der Waals surface area contributed by atoms with Crippen molar-refractivity contribution in [2.24, 2.45) is 0 Å². The Kier molecular flexibility index (Phi) is 7.71. The molecule has 0 radical (unpaired) electrons. The Balaban J connectivity index is 2.14. The van der Waals surface area contributed by atoms with Gasteiger partial charge in [-0.05, 0) is 45.4 Å². The van der Waals surface area contributed by atoms with Crippen LogP contribution in [0.25, 0.3) is 0 Å². The molecule has 1 aromatic carbocycles. The molecule has 0 aromatic heterocycles. The van der Waals surface area contributed by atoms with Crippen LogP contribution >= 0.6 is 0 Å². The van der Waals surface area contributed by atoms with Gasteiger partial charge in [-0.25, -0.2) is 4.79 Å². The fourth-order valence-corrected chi connectivity index (χ4v) is 1.80. The third kappa shape index (κ3) is 9.19. The van der Waals surface area contributed by atoms with Gasteiger partial charge >= 0.3 is 6.09 Å². The molecule has 0 atom stereocenters. The largest absolute Gasteiger partial charge is 0.508 e. The molecule has 0 aliphatic heterocycles. The lowest BCUT2D eigenvalue weighted by Gasteiger charge is -2.19. The lowest BCUT2D eigenvalue weighted by Crippen LogP contribution is -2.40. The van der Waals surface area contributed by atoms with Gasteiger partial charge in [0.1, 0.15) is 11.4 Å². The highest BCUT2D eigenvalue weighted by molar-refractivity contribution is 5.94. The van der Waals surface area contributed by atoms with E-state index in [4.69, 9.17) is 4.74 Å². The molecular weight excluding hydrogens is 326 g/mol. The van der Waals surface area contributed by atoms with Gasteiger partial charge in [-0.1, -0.05) is 6.07 Å². The number of alkyl carbamates (subject to hydrolysis) is 1. The van der Waals surface area contributed by atoms with Gasteiger partial charge in [0.05, 0.1) is 6.54 Å². The summed E-state index contributed by atoms with van der Waals surface area (Å²) in [6.45, 7) is 5.75. The first-order valence-electron chi connectivity index (χ1n) is 7.98. The first kappa shape index (κ1) is 20.3. The van der Waals surface area contributed by atoms with Crippen molar-refractivity contribution >= 4 is 17.9 Å². The molecule has 4 N–H and O–H groups in total. The number of benzene rings is 1. The molecule has 0 aliphatic rings. The summed E-state index contributed by atoms with van der Waals surface area (Å²) in [5.41, 5.74) is -0.250. The van der Waals surface area contributed by atoms with Crippen molar-refractivity contribution in [3.63, 3.8) is 0 Å².